The zero-order chi connectivity index (χ0) is 12.9. The minimum atomic E-state index is -0.114. The third kappa shape index (κ3) is 5.48. The van der Waals surface area contributed by atoms with Crippen molar-refractivity contribution in [3.63, 3.8) is 0 Å². The van der Waals surface area contributed by atoms with Crippen LogP contribution in [0, 0.1) is 0 Å². The molecule has 1 aromatic heterocycles. The lowest BCUT2D eigenvalue weighted by Crippen LogP contribution is -2.36. The molecule has 0 aliphatic heterocycles. The van der Waals surface area contributed by atoms with Crippen molar-refractivity contribution in [1.82, 2.24) is 10.3 Å². The molecule has 1 rings (SSSR count). The molecule has 0 saturated carbocycles. The second-order valence-electron chi connectivity index (χ2n) is 5.08. The van der Waals surface area contributed by atoms with E-state index in [1.54, 1.807) is 12.4 Å². The van der Waals surface area contributed by atoms with Crippen molar-refractivity contribution in [1.29, 1.82) is 0 Å². The quantitative estimate of drug-likeness (QED) is 0.880. The summed E-state index contributed by atoms with van der Waals surface area (Å²) in [7, 11) is 1.94. The molecule has 0 aliphatic rings. The topological polar surface area (TPSA) is 34.1 Å². The second kappa shape index (κ2) is 6.34. The standard InChI is InChI=1S/C13H21ClN2O/c1-13(2,3)17-9-11(15-4)7-10-5-6-16-8-12(10)14/h5-6,8,11,15H,7,9H2,1-4H3. The summed E-state index contributed by atoms with van der Waals surface area (Å²) in [5.74, 6) is 0. The minimum Gasteiger partial charge on any atom is -0.374 e. The van der Waals surface area contributed by atoms with E-state index in [9.17, 15) is 0 Å². The molecule has 0 bridgehead atoms. The van der Waals surface area contributed by atoms with Crippen LogP contribution in [0.5, 0.6) is 0 Å². The van der Waals surface area contributed by atoms with Crippen LogP contribution in [0.15, 0.2) is 18.5 Å². The van der Waals surface area contributed by atoms with Gasteiger partial charge in [0.05, 0.1) is 17.2 Å². The maximum Gasteiger partial charge on any atom is 0.0629 e. The van der Waals surface area contributed by atoms with Gasteiger partial charge in [0.25, 0.3) is 0 Å². The molecule has 0 amide bonds. The summed E-state index contributed by atoms with van der Waals surface area (Å²) in [6, 6.07) is 2.21. The third-order valence-corrected chi connectivity index (χ3v) is 2.79. The number of halogens is 1. The van der Waals surface area contributed by atoms with Crippen molar-refractivity contribution in [3.8, 4) is 0 Å². The Morgan fingerprint density at radius 2 is 2.18 bits per heavy atom. The smallest absolute Gasteiger partial charge is 0.0629 e. The van der Waals surface area contributed by atoms with Gasteiger partial charge in [0.1, 0.15) is 0 Å². The first kappa shape index (κ1) is 14.4. The fourth-order valence-corrected chi connectivity index (χ4v) is 1.63. The lowest BCUT2D eigenvalue weighted by Gasteiger charge is -2.24. The van der Waals surface area contributed by atoms with Gasteiger partial charge in [-0.25, -0.2) is 0 Å². The molecule has 17 heavy (non-hydrogen) atoms. The highest BCUT2D eigenvalue weighted by molar-refractivity contribution is 6.31. The molecule has 0 radical (unpaired) electrons. The molecule has 0 spiro atoms. The molecule has 0 aliphatic carbocycles. The normalized spacial score (nSPS) is 13.7. The van der Waals surface area contributed by atoms with Gasteiger partial charge < -0.3 is 10.1 Å². The van der Waals surface area contributed by atoms with Crippen molar-refractivity contribution in [2.24, 2.45) is 0 Å². The van der Waals surface area contributed by atoms with E-state index >= 15 is 0 Å². The van der Waals surface area contributed by atoms with Gasteiger partial charge in [0, 0.05) is 18.4 Å². The number of ether oxygens (including phenoxy) is 1. The van der Waals surface area contributed by atoms with Gasteiger partial charge in [-0.3, -0.25) is 4.98 Å². The molecule has 1 unspecified atom stereocenters. The first-order valence-corrected chi connectivity index (χ1v) is 6.20. The maximum atomic E-state index is 6.08. The van der Waals surface area contributed by atoms with Crippen LogP contribution in [0.4, 0.5) is 0 Å². The largest absolute Gasteiger partial charge is 0.374 e. The highest BCUT2D eigenvalue weighted by atomic mass is 35.5. The fraction of sp³-hybridized carbons (Fsp3) is 0.615. The summed E-state index contributed by atoms with van der Waals surface area (Å²) in [4.78, 5) is 3.98. The monoisotopic (exact) mass is 256 g/mol. The van der Waals surface area contributed by atoms with Gasteiger partial charge in [-0.05, 0) is 45.9 Å². The van der Waals surface area contributed by atoms with Gasteiger partial charge in [0.15, 0.2) is 0 Å². The molecule has 0 saturated heterocycles. The van der Waals surface area contributed by atoms with E-state index in [4.69, 9.17) is 16.3 Å². The minimum absolute atomic E-state index is 0.114. The van der Waals surface area contributed by atoms with E-state index in [0.717, 1.165) is 12.0 Å². The molecule has 96 valence electrons. The Bertz CT molecular complexity index is 350. The average molecular weight is 257 g/mol. The summed E-state index contributed by atoms with van der Waals surface area (Å²) >= 11 is 6.08. The van der Waals surface area contributed by atoms with Crippen LogP contribution in [-0.4, -0.2) is 30.3 Å². The highest BCUT2D eigenvalue weighted by Gasteiger charge is 2.15. The Balaban J connectivity index is 2.56. The molecule has 0 aromatic carbocycles. The number of hydrogen-bond acceptors (Lipinski definition) is 3. The van der Waals surface area contributed by atoms with Gasteiger partial charge >= 0.3 is 0 Å². The number of nitrogens with zero attached hydrogens (tertiary/aromatic N) is 1. The number of likely N-dealkylation sites (N-methyl/N-ethyl adjacent to an activating group) is 1. The van der Waals surface area contributed by atoms with Crippen molar-refractivity contribution < 1.29 is 4.74 Å². The SMILES string of the molecule is CNC(COC(C)(C)C)Cc1ccncc1Cl. The summed E-state index contributed by atoms with van der Waals surface area (Å²) in [5, 5.41) is 3.96. The number of hydrogen-bond donors (Lipinski definition) is 1. The van der Waals surface area contributed by atoms with Crippen molar-refractivity contribution in [2.45, 2.75) is 38.8 Å². The van der Waals surface area contributed by atoms with Crippen LogP contribution in [0.1, 0.15) is 26.3 Å². The molecule has 1 atom stereocenters. The molecule has 1 aromatic rings. The fourth-order valence-electron chi connectivity index (χ4n) is 1.43. The Hall–Kier alpha value is -0.640. The van der Waals surface area contributed by atoms with Crippen LogP contribution in [0.3, 0.4) is 0 Å². The molecule has 4 heteroatoms. The summed E-state index contributed by atoms with van der Waals surface area (Å²) in [6.45, 7) is 6.83. The van der Waals surface area contributed by atoms with Crippen molar-refractivity contribution in [3.05, 3.63) is 29.0 Å². The first-order chi connectivity index (χ1) is 7.92. The molecule has 1 heterocycles. The third-order valence-electron chi connectivity index (χ3n) is 2.45. The number of rotatable bonds is 5. The number of aromatic nitrogens is 1. The van der Waals surface area contributed by atoms with E-state index in [1.165, 1.54) is 0 Å². The van der Waals surface area contributed by atoms with Crippen LogP contribution in [0.25, 0.3) is 0 Å². The lowest BCUT2D eigenvalue weighted by molar-refractivity contribution is -0.0134. The lowest BCUT2D eigenvalue weighted by atomic mass is 10.1. The zero-order valence-electron chi connectivity index (χ0n) is 11.0. The summed E-state index contributed by atoms with van der Waals surface area (Å²) in [6.07, 6.45) is 4.28. The Morgan fingerprint density at radius 1 is 1.47 bits per heavy atom. The molecular formula is C13H21ClN2O. The van der Waals surface area contributed by atoms with Crippen LogP contribution in [-0.2, 0) is 11.2 Å². The van der Waals surface area contributed by atoms with Gasteiger partial charge in [-0.1, -0.05) is 11.6 Å². The van der Waals surface area contributed by atoms with E-state index in [-0.39, 0.29) is 11.6 Å². The molecular weight excluding hydrogens is 236 g/mol. The van der Waals surface area contributed by atoms with Gasteiger partial charge in [-0.2, -0.15) is 0 Å². The highest BCUT2D eigenvalue weighted by Crippen LogP contribution is 2.16. The van der Waals surface area contributed by atoms with Crippen LogP contribution >= 0.6 is 11.6 Å². The molecule has 3 nitrogen and oxygen atoms in total. The second-order valence-corrected chi connectivity index (χ2v) is 5.49. The predicted octanol–water partition coefficient (Wildman–Crippen LogP) is 2.68. The number of pyridine rings is 1. The van der Waals surface area contributed by atoms with Gasteiger partial charge in [0.2, 0.25) is 0 Å². The Labute approximate surface area is 109 Å². The summed E-state index contributed by atoms with van der Waals surface area (Å²) < 4.78 is 5.77. The van der Waals surface area contributed by atoms with Crippen LogP contribution in [0.2, 0.25) is 5.02 Å². The van der Waals surface area contributed by atoms with Crippen molar-refractivity contribution >= 4 is 11.6 Å². The zero-order valence-corrected chi connectivity index (χ0v) is 11.7. The van der Waals surface area contributed by atoms with E-state index in [2.05, 4.69) is 31.1 Å². The molecule has 1 N–H and O–H groups in total. The van der Waals surface area contributed by atoms with Gasteiger partial charge in [-0.15, -0.1) is 0 Å². The van der Waals surface area contributed by atoms with Crippen LogP contribution < -0.4 is 5.32 Å². The Morgan fingerprint density at radius 3 is 2.71 bits per heavy atom. The Kier molecular flexibility index (Phi) is 5.37. The molecule has 0 fully saturated rings. The van der Waals surface area contributed by atoms with E-state index in [1.807, 2.05) is 13.1 Å². The predicted molar refractivity (Wildman–Crippen MR) is 71.5 cm³/mol. The average Bonchev–Trinajstić information content (AvgIpc) is 2.25. The maximum absolute atomic E-state index is 6.08. The van der Waals surface area contributed by atoms with E-state index in [0.29, 0.717) is 11.6 Å². The van der Waals surface area contributed by atoms with Crippen molar-refractivity contribution in [2.75, 3.05) is 13.7 Å². The number of nitrogens with one attached hydrogen (secondary N) is 1. The summed E-state index contributed by atoms with van der Waals surface area (Å²) in [5.41, 5.74) is 0.982. The first-order valence-electron chi connectivity index (χ1n) is 5.82. The van der Waals surface area contributed by atoms with E-state index < -0.39 is 0 Å².